The van der Waals surface area contributed by atoms with Gasteiger partial charge in [0.05, 0.1) is 5.56 Å². The first-order valence-electron chi connectivity index (χ1n) is 7.36. The third-order valence-electron chi connectivity index (χ3n) is 4.24. The molecule has 20 heavy (non-hydrogen) atoms. The third kappa shape index (κ3) is 4.23. The topological polar surface area (TPSA) is 12.0 Å². The summed E-state index contributed by atoms with van der Waals surface area (Å²) in [6.45, 7) is 2.64. The molecule has 0 spiro atoms. The largest absolute Gasteiger partial charge is 0.416 e. The molecule has 0 amide bonds. The smallest absolute Gasteiger partial charge is 0.310 e. The Morgan fingerprint density at radius 3 is 2.55 bits per heavy atom. The Labute approximate surface area is 118 Å². The molecule has 1 fully saturated rings. The van der Waals surface area contributed by atoms with E-state index in [1.165, 1.54) is 44.2 Å². The summed E-state index contributed by atoms with van der Waals surface area (Å²) in [4.78, 5) is 0. The van der Waals surface area contributed by atoms with Gasteiger partial charge < -0.3 is 5.32 Å². The molecule has 1 aromatic carbocycles. The fourth-order valence-electron chi connectivity index (χ4n) is 2.94. The predicted octanol–water partition coefficient (Wildman–Crippen LogP) is 4.76. The van der Waals surface area contributed by atoms with Crippen LogP contribution in [0.25, 0.3) is 0 Å². The number of hydrogen-bond acceptors (Lipinski definition) is 1. The molecule has 0 aliphatic heterocycles. The van der Waals surface area contributed by atoms with Gasteiger partial charge in [-0.1, -0.05) is 37.5 Å². The molecule has 2 rings (SSSR count). The van der Waals surface area contributed by atoms with Crippen molar-refractivity contribution in [3.05, 3.63) is 35.4 Å². The van der Waals surface area contributed by atoms with Crippen molar-refractivity contribution in [3.63, 3.8) is 0 Å². The van der Waals surface area contributed by atoms with Gasteiger partial charge in [-0.25, -0.2) is 0 Å². The molecule has 0 aromatic heterocycles. The van der Waals surface area contributed by atoms with Gasteiger partial charge in [-0.05, 0) is 37.3 Å². The Balaban J connectivity index is 1.90. The lowest BCUT2D eigenvalue weighted by atomic mass is 9.84. The quantitative estimate of drug-likeness (QED) is 0.840. The minimum absolute atomic E-state index is 0.366. The van der Waals surface area contributed by atoms with Crippen molar-refractivity contribution in [1.82, 2.24) is 5.32 Å². The van der Waals surface area contributed by atoms with Crippen LogP contribution in [0.5, 0.6) is 0 Å². The average Bonchev–Trinajstić information content (AvgIpc) is 2.45. The van der Waals surface area contributed by atoms with E-state index in [0.717, 1.165) is 6.07 Å². The summed E-state index contributed by atoms with van der Waals surface area (Å²) in [5, 5.41) is 3.38. The number of nitrogens with one attached hydrogen (secondary N) is 1. The van der Waals surface area contributed by atoms with Crippen LogP contribution in [0.15, 0.2) is 24.3 Å². The van der Waals surface area contributed by atoms with Gasteiger partial charge in [-0.2, -0.15) is 13.2 Å². The monoisotopic (exact) mass is 285 g/mol. The van der Waals surface area contributed by atoms with Crippen molar-refractivity contribution in [3.8, 4) is 0 Å². The molecule has 0 radical (unpaired) electrons. The van der Waals surface area contributed by atoms with Crippen LogP contribution in [-0.2, 0) is 12.7 Å². The van der Waals surface area contributed by atoms with Gasteiger partial charge in [0.2, 0.25) is 0 Å². The zero-order valence-corrected chi connectivity index (χ0v) is 11.8. The lowest BCUT2D eigenvalue weighted by Gasteiger charge is -2.28. The molecule has 1 saturated carbocycles. The minimum Gasteiger partial charge on any atom is -0.310 e. The highest BCUT2D eigenvalue weighted by Crippen LogP contribution is 2.30. The highest BCUT2D eigenvalue weighted by atomic mass is 19.4. The summed E-state index contributed by atoms with van der Waals surface area (Å²) in [7, 11) is 0. The van der Waals surface area contributed by atoms with E-state index < -0.39 is 11.7 Å². The predicted molar refractivity (Wildman–Crippen MR) is 74.3 cm³/mol. The Bertz CT molecular complexity index is 422. The summed E-state index contributed by atoms with van der Waals surface area (Å²) >= 11 is 0. The van der Waals surface area contributed by atoms with Gasteiger partial charge in [-0.15, -0.1) is 0 Å². The van der Waals surface area contributed by atoms with Crippen molar-refractivity contribution in [2.75, 3.05) is 0 Å². The number of rotatable bonds is 4. The number of benzene rings is 1. The average molecular weight is 285 g/mol. The Morgan fingerprint density at radius 1 is 1.20 bits per heavy atom. The van der Waals surface area contributed by atoms with Crippen molar-refractivity contribution in [1.29, 1.82) is 0 Å². The number of hydrogen-bond donors (Lipinski definition) is 1. The van der Waals surface area contributed by atoms with E-state index >= 15 is 0 Å². The van der Waals surface area contributed by atoms with Crippen LogP contribution in [0.4, 0.5) is 13.2 Å². The van der Waals surface area contributed by atoms with Crippen LogP contribution in [0.3, 0.4) is 0 Å². The first-order chi connectivity index (χ1) is 9.47. The lowest BCUT2D eigenvalue weighted by molar-refractivity contribution is -0.137. The van der Waals surface area contributed by atoms with Crippen LogP contribution >= 0.6 is 0 Å². The number of alkyl halides is 3. The Hall–Kier alpha value is -1.03. The maximum atomic E-state index is 12.6. The van der Waals surface area contributed by atoms with E-state index in [2.05, 4.69) is 12.2 Å². The summed E-state index contributed by atoms with van der Waals surface area (Å²) in [6, 6.07) is 5.94. The molecule has 1 nitrogen and oxygen atoms in total. The zero-order chi connectivity index (χ0) is 14.6. The van der Waals surface area contributed by atoms with Crippen molar-refractivity contribution in [2.45, 2.75) is 57.8 Å². The third-order valence-corrected chi connectivity index (χ3v) is 4.24. The highest BCUT2D eigenvalue weighted by Gasteiger charge is 2.30. The molecule has 0 heterocycles. The first-order valence-corrected chi connectivity index (χ1v) is 7.36. The van der Waals surface area contributed by atoms with Gasteiger partial charge in [0.15, 0.2) is 0 Å². The number of halogens is 3. The second-order valence-electron chi connectivity index (χ2n) is 5.77. The second kappa shape index (κ2) is 6.61. The molecule has 1 N–H and O–H groups in total. The van der Waals surface area contributed by atoms with Gasteiger partial charge in [-0.3, -0.25) is 0 Å². The molecular weight excluding hydrogens is 263 g/mol. The molecule has 112 valence electrons. The SMILES string of the molecule is C[C@@H](NCc1cccc(C(F)(F)F)c1)C1CCCCC1. The summed E-state index contributed by atoms with van der Waals surface area (Å²) < 4.78 is 37.9. The van der Waals surface area contributed by atoms with Crippen LogP contribution < -0.4 is 5.32 Å². The van der Waals surface area contributed by atoms with Crippen molar-refractivity contribution >= 4 is 0 Å². The van der Waals surface area contributed by atoms with E-state index in [4.69, 9.17) is 0 Å². The van der Waals surface area contributed by atoms with Crippen molar-refractivity contribution < 1.29 is 13.2 Å². The van der Waals surface area contributed by atoms with Crippen LogP contribution in [-0.4, -0.2) is 6.04 Å². The minimum atomic E-state index is -4.26. The van der Waals surface area contributed by atoms with E-state index in [1.54, 1.807) is 6.07 Å². The lowest BCUT2D eigenvalue weighted by Crippen LogP contribution is -2.34. The van der Waals surface area contributed by atoms with Crippen LogP contribution in [0.1, 0.15) is 50.2 Å². The zero-order valence-electron chi connectivity index (χ0n) is 11.8. The van der Waals surface area contributed by atoms with Crippen LogP contribution in [0.2, 0.25) is 0 Å². The van der Waals surface area contributed by atoms with Crippen LogP contribution in [0, 0.1) is 5.92 Å². The molecule has 1 aliphatic rings. The normalized spacial score (nSPS) is 19.0. The molecule has 1 aliphatic carbocycles. The van der Waals surface area contributed by atoms with Gasteiger partial charge >= 0.3 is 6.18 Å². The fourth-order valence-corrected chi connectivity index (χ4v) is 2.94. The molecule has 1 aromatic rings. The fraction of sp³-hybridized carbons (Fsp3) is 0.625. The van der Waals surface area contributed by atoms with E-state index in [1.807, 2.05) is 0 Å². The van der Waals surface area contributed by atoms with E-state index in [9.17, 15) is 13.2 Å². The first kappa shape index (κ1) is 15.4. The molecule has 4 heteroatoms. The summed E-state index contributed by atoms with van der Waals surface area (Å²) in [5.41, 5.74) is 0.129. The van der Waals surface area contributed by atoms with Gasteiger partial charge in [0.25, 0.3) is 0 Å². The van der Waals surface area contributed by atoms with Gasteiger partial charge in [0, 0.05) is 12.6 Å². The highest BCUT2D eigenvalue weighted by molar-refractivity contribution is 5.25. The Morgan fingerprint density at radius 2 is 1.90 bits per heavy atom. The molecular formula is C16H22F3N. The van der Waals surface area contributed by atoms with Crippen molar-refractivity contribution in [2.24, 2.45) is 5.92 Å². The molecule has 0 bridgehead atoms. The maximum Gasteiger partial charge on any atom is 0.416 e. The van der Waals surface area contributed by atoms with Gasteiger partial charge in [0.1, 0.15) is 0 Å². The maximum absolute atomic E-state index is 12.6. The standard InChI is InChI=1S/C16H22F3N/c1-12(14-7-3-2-4-8-14)20-11-13-6-5-9-15(10-13)16(17,18)19/h5-6,9-10,12,14,20H,2-4,7-8,11H2,1H3/t12-/m1/s1. The summed E-state index contributed by atoms with van der Waals surface area (Å²) in [6.07, 6.45) is 2.08. The van der Waals surface area contributed by atoms with E-state index in [0.29, 0.717) is 24.1 Å². The van der Waals surface area contributed by atoms with E-state index in [-0.39, 0.29) is 0 Å². The molecule has 1 atom stereocenters. The molecule has 0 saturated heterocycles. The Kier molecular flexibility index (Phi) is 5.08. The molecule has 0 unspecified atom stereocenters. The second-order valence-corrected chi connectivity index (χ2v) is 5.77. The summed E-state index contributed by atoms with van der Waals surface area (Å²) in [5.74, 6) is 0.662.